The Labute approximate surface area is 173 Å². The molecular weight excluding hydrogens is 388 g/mol. The lowest BCUT2D eigenvalue weighted by Gasteiger charge is -2.22. The molecule has 5 nitrogen and oxygen atoms in total. The molecule has 0 saturated carbocycles. The van der Waals surface area contributed by atoms with Crippen LogP contribution in [-0.4, -0.2) is 38.2 Å². The first-order chi connectivity index (χ1) is 13.6. The van der Waals surface area contributed by atoms with Crippen LogP contribution in [0.25, 0.3) is 5.69 Å². The number of hydrogen-bond acceptors (Lipinski definition) is 5. The fourth-order valence-corrected chi connectivity index (χ4v) is 5.18. The molecule has 0 aliphatic carbocycles. The summed E-state index contributed by atoms with van der Waals surface area (Å²) < 4.78 is 1.95. The fraction of sp³-hybridized carbons (Fsp3) is 0.286. The van der Waals surface area contributed by atoms with Crippen molar-refractivity contribution in [2.75, 3.05) is 17.2 Å². The van der Waals surface area contributed by atoms with Gasteiger partial charge in [0.25, 0.3) is 0 Å². The van der Waals surface area contributed by atoms with Crippen LogP contribution in [0.15, 0.2) is 64.9 Å². The highest BCUT2D eigenvalue weighted by molar-refractivity contribution is 8.00. The van der Waals surface area contributed by atoms with Crippen molar-refractivity contribution in [2.24, 2.45) is 0 Å². The molecule has 1 amide bonds. The number of aryl methyl sites for hydroxylation is 1. The van der Waals surface area contributed by atoms with E-state index in [1.54, 1.807) is 6.33 Å². The molecule has 0 spiro atoms. The van der Waals surface area contributed by atoms with E-state index in [0.717, 1.165) is 35.1 Å². The summed E-state index contributed by atoms with van der Waals surface area (Å²) in [6.07, 6.45) is 2.68. The van der Waals surface area contributed by atoms with E-state index in [4.69, 9.17) is 0 Å². The van der Waals surface area contributed by atoms with Gasteiger partial charge < -0.3 is 4.90 Å². The lowest BCUT2D eigenvalue weighted by Crippen LogP contribution is -2.33. The Morgan fingerprint density at radius 1 is 1.18 bits per heavy atom. The van der Waals surface area contributed by atoms with Crippen LogP contribution < -0.4 is 4.90 Å². The Kier molecular flexibility index (Phi) is 5.73. The molecule has 0 N–H and O–H groups in total. The quantitative estimate of drug-likeness (QED) is 0.589. The Bertz CT molecular complexity index is 988. The number of fused-ring (bicyclic) bond motifs is 1. The average molecular weight is 411 g/mol. The van der Waals surface area contributed by atoms with Gasteiger partial charge in [-0.25, -0.2) is 0 Å². The van der Waals surface area contributed by atoms with Crippen molar-refractivity contribution in [3.8, 4) is 5.69 Å². The van der Waals surface area contributed by atoms with Gasteiger partial charge in [0.15, 0.2) is 5.16 Å². The largest absolute Gasteiger partial charge is 0.311 e. The summed E-state index contributed by atoms with van der Waals surface area (Å²) in [5.41, 5.74) is 3.19. The molecular formula is C21H22N4OS2. The molecule has 1 aliphatic heterocycles. The van der Waals surface area contributed by atoms with Crippen molar-refractivity contribution in [3.05, 3.63) is 60.4 Å². The lowest BCUT2D eigenvalue weighted by molar-refractivity contribution is -0.116. The molecule has 7 heteroatoms. The van der Waals surface area contributed by atoms with Gasteiger partial charge in [0.1, 0.15) is 6.33 Å². The van der Waals surface area contributed by atoms with Crippen molar-refractivity contribution in [1.82, 2.24) is 14.8 Å². The van der Waals surface area contributed by atoms with E-state index in [2.05, 4.69) is 36.2 Å². The standard InChI is InChI=1S/C21H22N4OS2/c1-15-7-3-4-8-17(15)25-14-22-23-21(25)27-13-20(26)24-12-11-16(2)28-19-10-6-5-9-18(19)24/h3-10,14,16H,11-13H2,1-2H3. The van der Waals surface area contributed by atoms with E-state index in [-0.39, 0.29) is 5.91 Å². The zero-order chi connectivity index (χ0) is 19.5. The number of thioether (sulfide) groups is 2. The number of amides is 1. The molecule has 0 saturated heterocycles. The molecule has 0 fully saturated rings. The van der Waals surface area contributed by atoms with E-state index in [1.807, 2.05) is 57.6 Å². The van der Waals surface area contributed by atoms with Gasteiger partial charge in [0, 0.05) is 16.7 Å². The number of nitrogens with zero attached hydrogens (tertiary/aromatic N) is 4. The number of carbonyl (C=O) groups excluding carboxylic acids is 1. The molecule has 4 rings (SSSR count). The minimum absolute atomic E-state index is 0.103. The average Bonchev–Trinajstić information content (AvgIpc) is 3.09. The molecule has 0 bridgehead atoms. The molecule has 28 heavy (non-hydrogen) atoms. The van der Waals surface area contributed by atoms with Crippen molar-refractivity contribution in [3.63, 3.8) is 0 Å². The number of aromatic nitrogens is 3. The Hall–Kier alpha value is -2.25. The molecule has 144 valence electrons. The highest BCUT2D eigenvalue weighted by Gasteiger charge is 2.24. The summed E-state index contributed by atoms with van der Waals surface area (Å²) in [5, 5.41) is 9.51. The van der Waals surface area contributed by atoms with Gasteiger partial charge in [0.2, 0.25) is 5.91 Å². The van der Waals surface area contributed by atoms with Gasteiger partial charge in [-0.05, 0) is 37.1 Å². The number of anilines is 1. The fourth-order valence-electron chi connectivity index (χ4n) is 3.27. The van der Waals surface area contributed by atoms with Gasteiger partial charge >= 0.3 is 0 Å². The first-order valence-electron chi connectivity index (χ1n) is 9.28. The highest BCUT2D eigenvalue weighted by Crippen LogP contribution is 2.37. The van der Waals surface area contributed by atoms with Gasteiger partial charge in [-0.15, -0.1) is 22.0 Å². The summed E-state index contributed by atoms with van der Waals surface area (Å²) in [6, 6.07) is 16.3. The maximum Gasteiger partial charge on any atom is 0.237 e. The molecule has 2 heterocycles. The monoisotopic (exact) mass is 410 g/mol. The van der Waals surface area contributed by atoms with Gasteiger partial charge in [-0.1, -0.05) is 49.0 Å². The Balaban J connectivity index is 1.52. The van der Waals surface area contributed by atoms with Crippen molar-refractivity contribution < 1.29 is 4.79 Å². The topological polar surface area (TPSA) is 51.0 Å². The molecule has 1 aromatic heterocycles. The van der Waals surface area contributed by atoms with Crippen molar-refractivity contribution in [2.45, 2.75) is 35.6 Å². The van der Waals surface area contributed by atoms with E-state index >= 15 is 0 Å². The van der Waals surface area contributed by atoms with Gasteiger partial charge in [-0.2, -0.15) is 0 Å². The second-order valence-electron chi connectivity index (χ2n) is 6.79. The number of benzene rings is 2. The van der Waals surface area contributed by atoms with Crippen LogP contribution in [0.4, 0.5) is 5.69 Å². The third kappa shape index (κ3) is 3.95. The Morgan fingerprint density at radius 2 is 1.93 bits per heavy atom. The van der Waals surface area contributed by atoms with Gasteiger partial charge in [0.05, 0.1) is 17.1 Å². The first kappa shape index (κ1) is 19.1. The number of hydrogen-bond donors (Lipinski definition) is 0. The molecule has 3 aromatic rings. The SMILES string of the molecule is Cc1ccccc1-n1cnnc1SCC(=O)N1CCC(C)Sc2ccccc21. The molecule has 2 aromatic carbocycles. The summed E-state index contributed by atoms with van der Waals surface area (Å²) in [7, 11) is 0. The molecule has 1 aliphatic rings. The summed E-state index contributed by atoms with van der Waals surface area (Å²) in [4.78, 5) is 16.2. The predicted octanol–water partition coefficient (Wildman–Crippen LogP) is 4.59. The smallest absolute Gasteiger partial charge is 0.237 e. The summed E-state index contributed by atoms with van der Waals surface area (Å²) >= 11 is 3.28. The zero-order valence-corrected chi connectivity index (χ0v) is 17.5. The second-order valence-corrected chi connectivity index (χ2v) is 9.21. The first-order valence-corrected chi connectivity index (χ1v) is 11.1. The maximum atomic E-state index is 13.1. The highest BCUT2D eigenvalue weighted by atomic mass is 32.2. The van der Waals surface area contributed by atoms with Crippen LogP contribution in [-0.2, 0) is 4.79 Å². The summed E-state index contributed by atoms with van der Waals surface area (Å²) in [6.45, 7) is 5.02. The molecule has 1 unspecified atom stereocenters. The van der Waals surface area contributed by atoms with Crippen LogP contribution in [0, 0.1) is 6.92 Å². The van der Waals surface area contributed by atoms with E-state index in [1.165, 1.54) is 16.7 Å². The van der Waals surface area contributed by atoms with Crippen LogP contribution in [0.3, 0.4) is 0 Å². The predicted molar refractivity (Wildman–Crippen MR) is 116 cm³/mol. The van der Waals surface area contributed by atoms with Crippen molar-refractivity contribution >= 4 is 35.1 Å². The lowest BCUT2D eigenvalue weighted by atomic mass is 10.2. The van der Waals surface area contributed by atoms with E-state index in [0.29, 0.717) is 11.0 Å². The number of rotatable bonds is 4. The van der Waals surface area contributed by atoms with Crippen LogP contribution in [0.5, 0.6) is 0 Å². The second kappa shape index (κ2) is 8.41. The number of para-hydroxylation sites is 2. The minimum atomic E-state index is 0.103. The third-order valence-electron chi connectivity index (χ3n) is 4.76. The minimum Gasteiger partial charge on any atom is -0.311 e. The van der Waals surface area contributed by atoms with E-state index < -0.39 is 0 Å². The number of carbonyl (C=O) groups is 1. The molecule has 0 radical (unpaired) electrons. The third-order valence-corrected chi connectivity index (χ3v) is 6.93. The molecule has 1 atom stereocenters. The Morgan fingerprint density at radius 3 is 2.75 bits per heavy atom. The van der Waals surface area contributed by atoms with Crippen molar-refractivity contribution in [1.29, 1.82) is 0 Å². The maximum absolute atomic E-state index is 13.1. The van der Waals surface area contributed by atoms with Crippen LogP contribution in [0.1, 0.15) is 18.9 Å². The summed E-state index contributed by atoms with van der Waals surface area (Å²) in [5.74, 6) is 0.435. The normalized spacial score (nSPS) is 16.5. The van der Waals surface area contributed by atoms with Crippen LogP contribution in [0.2, 0.25) is 0 Å². The van der Waals surface area contributed by atoms with Gasteiger partial charge in [-0.3, -0.25) is 9.36 Å². The van der Waals surface area contributed by atoms with Crippen LogP contribution >= 0.6 is 23.5 Å². The van der Waals surface area contributed by atoms with E-state index in [9.17, 15) is 4.79 Å². The zero-order valence-electron chi connectivity index (χ0n) is 15.9.